The smallest absolute Gasteiger partial charge is 0.355 e. The van der Waals surface area contributed by atoms with Crippen LogP contribution in [0.15, 0.2) is 40.9 Å². The van der Waals surface area contributed by atoms with Gasteiger partial charge in [0.15, 0.2) is 0 Å². The van der Waals surface area contributed by atoms with E-state index < -0.39 is 5.97 Å². The Morgan fingerprint density at radius 3 is 2.60 bits per heavy atom. The van der Waals surface area contributed by atoms with Crippen LogP contribution in [0.3, 0.4) is 0 Å². The molecule has 0 fully saturated rings. The summed E-state index contributed by atoms with van der Waals surface area (Å²) in [6.45, 7) is 4.22. The zero-order valence-corrected chi connectivity index (χ0v) is 17.1. The van der Waals surface area contributed by atoms with Crippen LogP contribution in [0.5, 0.6) is 11.5 Å². The Kier molecular flexibility index (Phi) is 5.37. The lowest BCUT2D eigenvalue weighted by Gasteiger charge is -2.10. The Morgan fingerprint density at radius 1 is 1.20 bits per heavy atom. The van der Waals surface area contributed by atoms with Crippen LogP contribution in [-0.2, 0) is 0 Å². The summed E-state index contributed by atoms with van der Waals surface area (Å²) < 4.78 is 12.4. The summed E-state index contributed by atoms with van der Waals surface area (Å²) in [5.74, 6) is 1.12. The van der Waals surface area contributed by atoms with Gasteiger partial charge in [-0.3, -0.25) is 0 Å². The van der Waals surface area contributed by atoms with Crippen molar-refractivity contribution in [2.45, 2.75) is 19.8 Å². The van der Waals surface area contributed by atoms with Crippen LogP contribution in [-0.4, -0.2) is 13.1 Å². The standard InChI is InChI=1S/C19H16BrClO3S/c1-10(2)11-4-7-15(14(20)8-11)24-19(22)18-17(21)13-6-5-12(23-3)9-16(13)25-18/h4-10H,1-3H3. The number of methoxy groups -OCH3 is 1. The van der Waals surface area contributed by atoms with E-state index in [0.29, 0.717) is 21.6 Å². The van der Waals surface area contributed by atoms with E-state index in [9.17, 15) is 4.79 Å². The van der Waals surface area contributed by atoms with Gasteiger partial charge in [-0.15, -0.1) is 11.3 Å². The summed E-state index contributed by atoms with van der Waals surface area (Å²) in [5, 5.41) is 1.22. The number of carbonyl (C=O) groups is 1. The van der Waals surface area contributed by atoms with Crippen molar-refractivity contribution in [2.75, 3.05) is 7.11 Å². The maximum Gasteiger partial charge on any atom is 0.355 e. The number of rotatable bonds is 4. The normalized spacial score (nSPS) is 11.1. The summed E-state index contributed by atoms with van der Waals surface area (Å²) in [6, 6.07) is 11.2. The average Bonchev–Trinajstić information content (AvgIpc) is 2.92. The van der Waals surface area contributed by atoms with Crippen molar-refractivity contribution in [1.82, 2.24) is 0 Å². The van der Waals surface area contributed by atoms with Crippen LogP contribution >= 0.6 is 38.9 Å². The number of esters is 1. The van der Waals surface area contributed by atoms with Gasteiger partial charge in [0.25, 0.3) is 0 Å². The van der Waals surface area contributed by atoms with E-state index in [1.54, 1.807) is 13.2 Å². The van der Waals surface area contributed by atoms with E-state index >= 15 is 0 Å². The van der Waals surface area contributed by atoms with Crippen molar-refractivity contribution in [1.29, 1.82) is 0 Å². The molecule has 0 N–H and O–H groups in total. The number of benzene rings is 2. The van der Waals surface area contributed by atoms with Gasteiger partial charge in [0.1, 0.15) is 16.4 Å². The molecule has 0 bridgehead atoms. The van der Waals surface area contributed by atoms with Crippen LogP contribution in [0.25, 0.3) is 10.1 Å². The zero-order chi connectivity index (χ0) is 18.1. The van der Waals surface area contributed by atoms with E-state index in [2.05, 4.69) is 29.8 Å². The molecule has 3 aromatic rings. The molecule has 1 aromatic heterocycles. The minimum absolute atomic E-state index is 0.379. The first-order valence-electron chi connectivity index (χ1n) is 7.68. The first-order chi connectivity index (χ1) is 11.9. The number of hydrogen-bond donors (Lipinski definition) is 0. The molecule has 2 aromatic carbocycles. The molecule has 6 heteroatoms. The largest absolute Gasteiger partial charge is 0.497 e. The molecule has 0 amide bonds. The highest BCUT2D eigenvalue weighted by Gasteiger charge is 2.20. The number of hydrogen-bond acceptors (Lipinski definition) is 4. The van der Waals surface area contributed by atoms with Crippen LogP contribution in [0.4, 0.5) is 0 Å². The third-order valence-corrected chi connectivity index (χ3v) is 6.10. The van der Waals surface area contributed by atoms with Crippen molar-refractivity contribution >= 4 is 54.9 Å². The topological polar surface area (TPSA) is 35.5 Å². The summed E-state index contributed by atoms with van der Waals surface area (Å²) in [4.78, 5) is 13.0. The highest BCUT2D eigenvalue weighted by molar-refractivity contribution is 9.10. The van der Waals surface area contributed by atoms with Gasteiger partial charge < -0.3 is 9.47 Å². The van der Waals surface area contributed by atoms with Gasteiger partial charge in [-0.1, -0.05) is 31.5 Å². The van der Waals surface area contributed by atoms with Gasteiger partial charge in [0.2, 0.25) is 0 Å². The molecule has 0 aliphatic heterocycles. The molecule has 0 spiro atoms. The van der Waals surface area contributed by atoms with E-state index in [0.717, 1.165) is 20.3 Å². The van der Waals surface area contributed by atoms with E-state index in [4.69, 9.17) is 21.1 Å². The minimum atomic E-state index is -0.469. The third kappa shape index (κ3) is 3.68. The van der Waals surface area contributed by atoms with Crippen LogP contribution < -0.4 is 9.47 Å². The van der Waals surface area contributed by atoms with Crippen LogP contribution in [0.2, 0.25) is 5.02 Å². The second kappa shape index (κ2) is 7.36. The number of halogens is 2. The Balaban J connectivity index is 1.91. The molecule has 3 rings (SSSR count). The lowest BCUT2D eigenvalue weighted by Crippen LogP contribution is -2.07. The lowest BCUT2D eigenvalue weighted by molar-refractivity contribution is 0.0739. The molecule has 130 valence electrons. The molecule has 0 atom stereocenters. The molecular weight excluding hydrogens is 424 g/mol. The second-order valence-electron chi connectivity index (χ2n) is 5.84. The Labute approximate surface area is 163 Å². The first kappa shape index (κ1) is 18.2. The van der Waals surface area contributed by atoms with Crippen molar-refractivity contribution in [3.8, 4) is 11.5 Å². The summed E-state index contributed by atoms with van der Waals surface area (Å²) in [6.07, 6.45) is 0. The fraction of sp³-hybridized carbons (Fsp3) is 0.211. The lowest BCUT2D eigenvalue weighted by atomic mass is 10.0. The zero-order valence-electron chi connectivity index (χ0n) is 13.9. The van der Waals surface area contributed by atoms with E-state index in [1.807, 2.05) is 30.3 Å². The second-order valence-corrected chi connectivity index (χ2v) is 8.13. The molecule has 25 heavy (non-hydrogen) atoms. The monoisotopic (exact) mass is 438 g/mol. The number of thiophene rings is 1. The fourth-order valence-electron chi connectivity index (χ4n) is 2.41. The minimum Gasteiger partial charge on any atom is -0.497 e. The van der Waals surface area contributed by atoms with Crippen LogP contribution in [0.1, 0.15) is 35.0 Å². The van der Waals surface area contributed by atoms with Gasteiger partial charge in [0.05, 0.1) is 16.6 Å². The highest BCUT2D eigenvalue weighted by Crippen LogP contribution is 2.38. The molecule has 0 aliphatic rings. The molecule has 1 heterocycles. The quantitative estimate of drug-likeness (QED) is 0.336. The highest BCUT2D eigenvalue weighted by atomic mass is 79.9. The number of ether oxygens (including phenoxy) is 2. The number of carbonyl (C=O) groups excluding carboxylic acids is 1. The predicted octanol–water partition coefficient (Wildman–Crippen LogP) is 6.67. The molecule has 0 saturated carbocycles. The van der Waals surface area contributed by atoms with E-state index in [-0.39, 0.29) is 0 Å². The van der Waals surface area contributed by atoms with Gasteiger partial charge in [-0.05, 0) is 57.7 Å². The van der Waals surface area contributed by atoms with Gasteiger partial charge >= 0.3 is 5.97 Å². The maximum atomic E-state index is 12.6. The molecule has 0 aliphatic carbocycles. The van der Waals surface area contributed by atoms with Gasteiger partial charge in [-0.2, -0.15) is 0 Å². The summed E-state index contributed by atoms with van der Waals surface area (Å²) in [7, 11) is 1.60. The summed E-state index contributed by atoms with van der Waals surface area (Å²) >= 11 is 11.1. The molecule has 3 nitrogen and oxygen atoms in total. The number of fused-ring (bicyclic) bond motifs is 1. The van der Waals surface area contributed by atoms with E-state index in [1.165, 1.54) is 16.9 Å². The van der Waals surface area contributed by atoms with Crippen molar-refractivity contribution in [3.63, 3.8) is 0 Å². The maximum absolute atomic E-state index is 12.6. The van der Waals surface area contributed by atoms with Crippen molar-refractivity contribution in [3.05, 3.63) is 56.3 Å². The molecule has 0 saturated heterocycles. The Hall–Kier alpha value is -1.56. The Bertz CT molecular complexity index is 949. The molecule has 0 unspecified atom stereocenters. The van der Waals surface area contributed by atoms with Crippen molar-refractivity contribution < 1.29 is 14.3 Å². The molecule has 0 radical (unpaired) electrons. The predicted molar refractivity (Wildman–Crippen MR) is 107 cm³/mol. The summed E-state index contributed by atoms with van der Waals surface area (Å²) in [5.41, 5.74) is 1.17. The third-order valence-electron chi connectivity index (χ3n) is 3.85. The van der Waals surface area contributed by atoms with Crippen LogP contribution in [0, 0.1) is 0 Å². The molecular formula is C19H16BrClO3S. The van der Waals surface area contributed by atoms with Crippen molar-refractivity contribution in [2.24, 2.45) is 0 Å². The van der Waals surface area contributed by atoms with Gasteiger partial charge in [0, 0.05) is 10.1 Å². The SMILES string of the molecule is COc1ccc2c(Cl)c(C(=O)Oc3ccc(C(C)C)cc3Br)sc2c1. The van der Waals surface area contributed by atoms with Gasteiger partial charge in [-0.25, -0.2) is 4.79 Å². The first-order valence-corrected chi connectivity index (χ1v) is 9.67. The Morgan fingerprint density at radius 2 is 1.96 bits per heavy atom. The average molecular weight is 440 g/mol. The fourth-order valence-corrected chi connectivity index (χ4v) is 4.30.